The van der Waals surface area contributed by atoms with Crippen LogP contribution < -0.4 is 0 Å². The summed E-state index contributed by atoms with van der Waals surface area (Å²) >= 11 is 1.87. The molecule has 0 amide bonds. The molecule has 3 heteroatoms. The molecule has 0 spiro atoms. The SMILES string of the molecule is CS[C@H]1CC[C@@H]2O[C@H]1CC[C@@H]2F. The van der Waals surface area contributed by atoms with Gasteiger partial charge in [-0.2, -0.15) is 11.8 Å². The number of hydrogen-bond acceptors (Lipinski definition) is 2. The Morgan fingerprint density at radius 1 is 1.17 bits per heavy atom. The van der Waals surface area contributed by atoms with E-state index < -0.39 is 6.17 Å². The first kappa shape index (κ1) is 8.82. The second-order valence-corrected chi connectivity index (χ2v) is 4.73. The number of rotatable bonds is 1. The van der Waals surface area contributed by atoms with E-state index >= 15 is 0 Å². The first-order valence-electron chi connectivity index (χ1n) is 4.63. The van der Waals surface area contributed by atoms with Gasteiger partial charge in [-0.25, -0.2) is 4.39 Å². The molecular weight excluding hydrogens is 175 g/mol. The Hall–Kier alpha value is 0.240. The van der Waals surface area contributed by atoms with Crippen molar-refractivity contribution in [2.24, 2.45) is 0 Å². The minimum Gasteiger partial charge on any atom is -0.371 e. The van der Waals surface area contributed by atoms with Gasteiger partial charge in [0.1, 0.15) is 6.17 Å². The predicted octanol–water partition coefficient (Wildman–Crippen LogP) is 2.40. The van der Waals surface area contributed by atoms with Crippen molar-refractivity contribution in [1.29, 1.82) is 0 Å². The lowest BCUT2D eigenvalue weighted by Crippen LogP contribution is -2.45. The maximum absolute atomic E-state index is 13.2. The summed E-state index contributed by atoms with van der Waals surface area (Å²) in [6.07, 6.45) is 5.38. The summed E-state index contributed by atoms with van der Waals surface area (Å²) < 4.78 is 18.8. The molecule has 0 unspecified atom stereocenters. The lowest BCUT2D eigenvalue weighted by atomic mass is 9.90. The van der Waals surface area contributed by atoms with Crippen molar-refractivity contribution in [1.82, 2.24) is 0 Å². The van der Waals surface area contributed by atoms with Gasteiger partial charge in [-0.3, -0.25) is 0 Å². The smallest absolute Gasteiger partial charge is 0.126 e. The van der Waals surface area contributed by atoms with Gasteiger partial charge in [-0.15, -0.1) is 0 Å². The van der Waals surface area contributed by atoms with Gasteiger partial charge in [0.25, 0.3) is 0 Å². The van der Waals surface area contributed by atoms with Crippen molar-refractivity contribution in [2.75, 3.05) is 6.26 Å². The van der Waals surface area contributed by atoms with Crippen molar-refractivity contribution < 1.29 is 9.13 Å². The van der Waals surface area contributed by atoms with E-state index in [4.69, 9.17) is 4.74 Å². The first-order chi connectivity index (χ1) is 5.81. The molecule has 0 aromatic carbocycles. The molecule has 12 heavy (non-hydrogen) atoms. The van der Waals surface area contributed by atoms with E-state index in [1.165, 1.54) is 0 Å². The zero-order chi connectivity index (χ0) is 8.55. The van der Waals surface area contributed by atoms with Gasteiger partial charge < -0.3 is 4.74 Å². The molecule has 0 aliphatic carbocycles. The van der Waals surface area contributed by atoms with Gasteiger partial charge in [0.05, 0.1) is 12.2 Å². The van der Waals surface area contributed by atoms with Gasteiger partial charge in [0, 0.05) is 5.25 Å². The lowest BCUT2D eigenvalue weighted by molar-refractivity contribution is -0.116. The number of hydrogen-bond donors (Lipinski definition) is 0. The van der Waals surface area contributed by atoms with Crippen LogP contribution in [0, 0.1) is 0 Å². The molecule has 2 aliphatic heterocycles. The molecule has 0 aromatic rings. The van der Waals surface area contributed by atoms with Crippen LogP contribution in [0.15, 0.2) is 0 Å². The predicted molar refractivity (Wildman–Crippen MR) is 49.3 cm³/mol. The maximum Gasteiger partial charge on any atom is 0.126 e. The molecule has 2 heterocycles. The molecule has 70 valence electrons. The van der Waals surface area contributed by atoms with Crippen LogP contribution in [-0.2, 0) is 4.74 Å². The fourth-order valence-electron chi connectivity index (χ4n) is 2.19. The van der Waals surface area contributed by atoms with E-state index in [0.717, 1.165) is 19.3 Å². The molecule has 1 nitrogen and oxygen atoms in total. The Labute approximate surface area is 77.0 Å². The molecule has 0 radical (unpaired) electrons. The quantitative estimate of drug-likeness (QED) is 0.628. The largest absolute Gasteiger partial charge is 0.371 e. The highest BCUT2D eigenvalue weighted by atomic mass is 32.2. The van der Waals surface area contributed by atoms with Crippen molar-refractivity contribution in [3.8, 4) is 0 Å². The number of halogens is 1. The van der Waals surface area contributed by atoms with Crippen LogP contribution in [0.3, 0.4) is 0 Å². The fraction of sp³-hybridized carbons (Fsp3) is 1.00. The summed E-state index contributed by atoms with van der Waals surface area (Å²) in [5.41, 5.74) is 0. The summed E-state index contributed by atoms with van der Waals surface area (Å²) in [5.74, 6) is 0. The Balaban J connectivity index is 1.99. The molecule has 0 N–H and O–H groups in total. The van der Waals surface area contributed by atoms with Gasteiger partial charge in [0.2, 0.25) is 0 Å². The van der Waals surface area contributed by atoms with Crippen LogP contribution in [0.4, 0.5) is 4.39 Å². The Bertz CT molecular complexity index is 163. The van der Waals surface area contributed by atoms with Crippen molar-refractivity contribution >= 4 is 11.8 Å². The van der Waals surface area contributed by atoms with E-state index in [1.807, 2.05) is 11.8 Å². The molecular formula is C9H15FOS. The average molecular weight is 190 g/mol. The lowest BCUT2D eigenvalue weighted by Gasteiger charge is -2.41. The van der Waals surface area contributed by atoms with Gasteiger partial charge in [-0.05, 0) is 31.9 Å². The molecule has 2 bridgehead atoms. The zero-order valence-electron chi connectivity index (χ0n) is 7.33. The third-order valence-electron chi connectivity index (χ3n) is 2.93. The van der Waals surface area contributed by atoms with E-state index in [1.54, 1.807) is 0 Å². The monoisotopic (exact) mass is 190 g/mol. The van der Waals surface area contributed by atoms with E-state index in [-0.39, 0.29) is 6.10 Å². The minimum atomic E-state index is -0.691. The Morgan fingerprint density at radius 2 is 1.92 bits per heavy atom. The van der Waals surface area contributed by atoms with Crippen molar-refractivity contribution in [2.45, 2.75) is 49.3 Å². The topological polar surface area (TPSA) is 9.23 Å². The van der Waals surface area contributed by atoms with Gasteiger partial charge in [-0.1, -0.05) is 0 Å². The highest BCUT2D eigenvalue weighted by Crippen LogP contribution is 2.37. The fourth-order valence-corrected chi connectivity index (χ4v) is 3.07. The average Bonchev–Trinajstić information content (AvgIpc) is 2.12. The molecule has 2 aliphatic rings. The van der Waals surface area contributed by atoms with Crippen LogP contribution in [-0.4, -0.2) is 29.9 Å². The van der Waals surface area contributed by atoms with Crippen LogP contribution in [0.25, 0.3) is 0 Å². The first-order valence-corrected chi connectivity index (χ1v) is 5.92. The molecule has 4 atom stereocenters. The number of thioether (sulfide) groups is 1. The summed E-state index contributed by atoms with van der Waals surface area (Å²) in [4.78, 5) is 0. The molecule has 2 rings (SSSR count). The third kappa shape index (κ3) is 1.49. The highest BCUT2D eigenvalue weighted by molar-refractivity contribution is 7.99. The van der Waals surface area contributed by atoms with Gasteiger partial charge >= 0.3 is 0 Å². The molecule has 0 saturated carbocycles. The third-order valence-corrected chi connectivity index (χ3v) is 4.08. The van der Waals surface area contributed by atoms with Crippen LogP contribution in [0.1, 0.15) is 25.7 Å². The zero-order valence-corrected chi connectivity index (χ0v) is 8.15. The second kappa shape index (κ2) is 3.54. The molecule has 2 fully saturated rings. The summed E-state index contributed by atoms with van der Waals surface area (Å²) in [7, 11) is 0. The van der Waals surface area contributed by atoms with Crippen LogP contribution in [0.5, 0.6) is 0 Å². The Morgan fingerprint density at radius 3 is 2.67 bits per heavy atom. The second-order valence-electron chi connectivity index (χ2n) is 3.66. The van der Waals surface area contributed by atoms with Crippen molar-refractivity contribution in [3.05, 3.63) is 0 Å². The number of alkyl halides is 1. The number of ether oxygens (including phenoxy) is 1. The molecule has 2 saturated heterocycles. The van der Waals surface area contributed by atoms with E-state index in [9.17, 15) is 4.39 Å². The summed E-state index contributed by atoms with van der Waals surface area (Å²) in [6.45, 7) is 0. The normalized spacial score (nSPS) is 47.5. The summed E-state index contributed by atoms with van der Waals surface area (Å²) in [5, 5.41) is 0.619. The number of fused-ring (bicyclic) bond motifs is 2. The Kier molecular flexibility index (Phi) is 2.60. The van der Waals surface area contributed by atoms with Crippen LogP contribution >= 0.6 is 11.8 Å². The molecule has 0 aromatic heterocycles. The van der Waals surface area contributed by atoms with Gasteiger partial charge in [0.15, 0.2) is 0 Å². The standard InChI is InChI=1S/C9H15FOS/c1-12-9-5-4-7-6(10)2-3-8(9)11-7/h6-9H,2-5H2,1H3/t6-,7-,8-,9-/m0/s1. The highest BCUT2D eigenvalue weighted by Gasteiger charge is 2.39. The van der Waals surface area contributed by atoms with E-state index in [2.05, 4.69) is 6.26 Å². The summed E-state index contributed by atoms with van der Waals surface area (Å²) in [6, 6.07) is 0. The minimum absolute atomic E-state index is 0.0767. The van der Waals surface area contributed by atoms with Crippen LogP contribution in [0.2, 0.25) is 0 Å². The van der Waals surface area contributed by atoms with E-state index in [0.29, 0.717) is 17.8 Å². The van der Waals surface area contributed by atoms with Crippen molar-refractivity contribution in [3.63, 3.8) is 0 Å². The maximum atomic E-state index is 13.2.